The van der Waals surface area contributed by atoms with Crippen LogP contribution in [-0.4, -0.2) is 70.3 Å². The maximum atomic E-state index is 12.5. The Labute approximate surface area is 173 Å². The number of piperidine rings is 1. The number of carbonyl (C=O) groups excluding carboxylic acids is 1. The Kier molecular flexibility index (Phi) is 9.87. The molecule has 1 unspecified atom stereocenters. The fraction of sp³-hybridized carbons (Fsp3) is 0.611. The second-order valence-corrected chi connectivity index (χ2v) is 9.72. The predicted molar refractivity (Wildman–Crippen MR) is 112 cm³/mol. The van der Waals surface area contributed by atoms with Crippen molar-refractivity contribution in [2.75, 3.05) is 46.0 Å². The van der Waals surface area contributed by atoms with Crippen LogP contribution in [0.25, 0.3) is 0 Å². The lowest BCUT2D eigenvalue weighted by atomic mass is 10.0. The van der Waals surface area contributed by atoms with Gasteiger partial charge in [-0.1, -0.05) is 23.7 Å². The fourth-order valence-electron chi connectivity index (χ4n) is 3.14. The Bertz CT molecular complexity index is 696. The Hall–Kier alpha value is -1.02. The molecule has 9 heteroatoms. The zero-order valence-electron chi connectivity index (χ0n) is 15.9. The third kappa shape index (κ3) is 8.68. The standard InChI is InChI=1S/C18H28ClN3O3S.ClH/c1-21(2)11-9-20-18(23)22-10-3-4-16(12-22)14-26(24,25)13-15-5-7-17(19)8-6-15;/h5-8,16H,3-4,9-14H2,1-2H3,(H,20,23);1H. The summed E-state index contributed by atoms with van der Waals surface area (Å²) in [7, 11) is 0.673. The minimum absolute atomic E-state index is 0. The number of benzene rings is 1. The number of rotatable bonds is 7. The van der Waals surface area contributed by atoms with Gasteiger partial charge in [-0.25, -0.2) is 13.2 Å². The van der Waals surface area contributed by atoms with Crippen molar-refractivity contribution in [3.63, 3.8) is 0 Å². The Morgan fingerprint density at radius 1 is 1.30 bits per heavy atom. The number of hydrogen-bond acceptors (Lipinski definition) is 4. The van der Waals surface area contributed by atoms with E-state index in [2.05, 4.69) is 5.32 Å². The van der Waals surface area contributed by atoms with E-state index in [1.807, 2.05) is 19.0 Å². The van der Waals surface area contributed by atoms with Crippen LogP contribution in [0.3, 0.4) is 0 Å². The average molecular weight is 438 g/mol. The fourth-order valence-corrected chi connectivity index (χ4v) is 5.07. The number of sulfone groups is 1. The number of urea groups is 1. The molecule has 1 aromatic rings. The van der Waals surface area contributed by atoms with Crippen molar-refractivity contribution in [3.05, 3.63) is 34.9 Å². The monoisotopic (exact) mass is 437 g/mol. The van der Waals surface area contributed by atoms with E-state index in [1.54, 1.807) is 29.2 Å². The summed E-state index contributed by atoms with van der Waals surface area (Å²) in [4.78, 5) is 16.0. The molecule has 0 spiro atoms. The number of hydrogen-bond donors (Lipinski definition) is 1. The zero-order chi connectivity index (χ0) is 19.2. The van der Waals surface area contributed by atoms with Gasteiger partial charge in [-0.2, -0.15) is 0 Å². The molecule has 1 atom stereocenters. The lowest BCUT2D eigenvalue weighted by Crippen LogP contribution is -2.47. The molecule has 1 aromatic carbocycles. The summed E-state index contributed by atoms with van der Waals surface area (Å²) < 4.78 is 25.0. The average Bonchev–Trinajstić information content (AvgIpc) is 2.56. The lowest BCUT2D eigenvalue weighted by Gasteiger charge is -2.32. The van der Waals surface area contributed by atoms with Crippen molar-refractivity contribution in [1.82, 2.24) is 15.1 Å². The molecule has 27 heavy (non-hydrogen) atoms. The highest BCUT2D eigenvalue weighted by Gasteiger charge is 2.27. The molecule has 2 amide bonds. The van der Waals surface area contributed by atoms with E-state index < -0.39 is 9.84 Å². The van der Waals surface area contributed by atoms with Crippen molar-refractivity contribution in [2.45, 2.75) is 18.6 Å². The van der Waals surface area contributed by atoms with E-state index in [9.17, 15) is 13.2 Å². The first kappa shape index (κ1) is 24.0. The first-order valence-electron chi connectivity index (χ1n) is 8.87. The van der Waals surface area contributed by atoms with Crippen molar-refractivity contribution in [1.29, 1.82) is 0 Å². The second kappa shape index (κ2) is 11.1. The highest BCUT2D eigenvalue weighted by molar-refractivity contribution is 7.90. The van der Waals surface area contributed by atoms with Crippen LogP contribution < -0.4 is 5.32 Å². The summed E-state index contributed by atoms with van der Waals surface area (Å²) in [6.45, 7) is 2.54. The number of likely N-dealkylation sites (tertiary alicyclic amines) is 1. The topological polar surface area (TPSA) is 69.7 Å². The Balaban J connectivity index is 0.00000364. The summed E-state index contributed by atoms with van der Waals surface area (Å²) in [5.41, 5.74) is 0.739. The summed E-state index contributed by atoms with van der Waals surface area (Å²) in [5.74, 6) is 0.105. The van der Waals surface area contributed by atoms with Crippen LogP contribution in [0.2, 0.25) is 5.02 Å². The molecule has 1 aliphatic heterocycles. The quantitative estimate of drug-likeness (QED) is 0.711. The summed E-state index contributed by atoms with van der Waals surface area (Å²) in [6, 6.07) is 6.78. The minimum Gasteiger partial charge on any atom is -0.337 e. The summed E-state index contributed by atoms with van der Waals surface area (Å²) >= 11 is 5.84. The SMILES string of the molecule is CN(C)CCNC(=O)N1CCCC(CS(=O)(=O)Cc2ccc(Cl)cc2)C1.Cl. The van der Waals surface area contributed by atoms with Crippen molar-refractivity contribution < 1.29 is 13.2 Å². The number of likely N-dealkylation sites (N-methyl/N-ethyl adjacent to an activating group) is 1. The number of halogens is 2. The van der Waals surface area contributed by atoms with E-state index in [-0.39, 0.29) is 35.9 Å². The molecule has 1 aliphatic rings. The van der Waals surface area contributed by atoms with Gasteiger partial charge in [0.05, 0.1) is 11.5 Å². The minimum atomic E-state index is -3.23. The zero-order valence-corrected chi connectivity index (χ0v) is 18.2. The maximum Gasteiger partial charge on any atom is 0.317 e. The van der Waals surface area contributed by atoms with E-state index in [0.29, 0.717) is 24.7 Å². The van der Waals surface area contributed by atoms with Crippen LogP contribution >= 0.6 is 24.0 Å². The predicted octanol–water partition coefficient (Wildman–Crippen LogP) is 2.66. The molecule has 0 radical (unpaired) electrons. The van der Waals surface area contributed by atoms with E-state index in [4.69, 9.17) is 11.6 Å². The molecular weight excluding hydrogens is 409 g/mol. The van der Waals surface area contributed by atoms with Crippen LogP contribution in [0.4, 0.5) is 4.79 Å². The first-order valence-corrected chi connectivity index (χ1v) is 11.1. The van der Waals surface area contributed by atoms with Gasteiger partial charge in [-0.05, 0) is 50.6 Å². The second-order valence-electron chi connectivity index (χ2n) is 7.17. The van der Waals surface area contributed by atoms with Gasteiger partial charge in [-0.3, -0.25) is 0 Å². The van der Waals surface area contributed by atoms with Gasteiger partial charge in [-0.15, -0.1) is 12.4 Å². The molecule has 1 N–H and O–H groups in total. The number of nitrogens with zero attached hydrogens (tertiary/aromatic N) is 2. The smallest absolute Gasteiger partial charge is 0.317 e. The molecule has 0 aliphatic carbocycles. The molecule has 0 aromatic heterocycles. The van der Waals surface area contributed by atoms with Crippen LogP contribution in [0.5, 0.6) is 0 Å². The van der Waals surface area contributed by atoms with E-state index in [1.165, 1.54) is 0 Å². The normalized spacial score (nSPS) is 17.5. The van der Waals surface area contributed by atoms with Gasteiger partial charge >= 0.3 is 6.03 Å². The molecule has 154 valence electrons. The van der Waals surface area contributed by atoms with Gasteiger partial charge in [0, 0.05) is 31.2 Å². The molecule has 0 saturated carbocycles. The van der Waals surface area contributed by atoms with E-state index in [0.717, 1.165) is 24.9 Å². The molecule has 1 saturated heterocycles. The van der Waals surface area contributed by atoms with E-state index >= 15 is 0 Å². The summed E-state index contributed by atoms with van der Waals surface area (Å²) in [5, 5.41) is 3.49. The van der Waals surface area contributed by atoms with Crippen LogP contribution in [-0.2, 0) is 15.6 Å². The highest BCUT2D eigenvalue weighted by Crippen LogP contribution is 2.20. The molecule has 6 nitrogen and oxygen atoms in total. The number of carbonyl (C=O) groups is 1. The Morgan fingerprint density at radius 3 is 2.59 bits per heavy atom. The first-order chi connectivity index (χ1) is 12.2. The van der Waals surface area contributed by atoms with Gasteiger partial charge in [0.15, 0.2) is 9.84 Å². The van der Waals surface area contributed by atoms with Crippen LogP contribution in [0.15, 0.2) is 24.3 Å². The molecule has 2 rings (SSSR count). The number of nitrogens with one attached hydrogen (secondary N) is 1. The van der Waals surface area contributed by atoms with Gasteiger partial charge in [0.25, 0.3) is 0 Å². The van der Waals surface area contributed by atoms with Crippen molar-refractivity contribution in [3.8, 4) is 0 Å². The van der Waals surface area contributed by atoms with Crippen LogP contribution in [0, 0.1) is 5.92 Å². The summed E-state index contributed by atoms with van der Waals surface area (Å²) in [6.07, 6.45) is 1.67. The largest absolute Gasteiger partial charge is 0.337 e. The molecule has 1 fully saturated rings. The Morgan fingerprint density at radius 2 is 1.96 bits per heavy atom. The maximum absolute atomic E-state index is 12.5. The van der Waals surface area contributed by atoms with Gasteiger partial charge in [0.2, 0.25) is 0 Å². The molecule has 0 bridgehead atoms. The van der Waals surface area contributed by atoms with Crippen molar-refractivity contribution >= 4 is 39.9 Å². The van der Waals surface area contributed by atoms with Gasteiger partial charge in [0.1, 0.15) is 0 Å². The highest BCUT2D eigenvalue weighted by atomic mass is 35.5. The van der Waals surface area contributed by atoms with Gasteiger partial charge < -0.3 is 15.1 Å². The molecular formula is C18H29Cl2N3O3S. The third-order valence-electron chi connectivity index (χ3n) is 4.43. The molecule has 1 heterocycles. The van der Waals surface area contributed by atoms with Crippen molar-refractivity contribution in [2.24, 2.45) is 5.92 Å². The lowest BCUT2D eigenvalue weighted by molar-refractivity contribution is 0.169. The third-order valence-corrected chi connectivity index (χ3v) is 6.44. The van der Waals surface area contributed by atoms with Crippen LogP contribution in [0.1, 0.15) is 18.4 Å². The number of amides is 2.